The molecule has 17 nitrogen and oxygen atoms in total. The van der Waals surface area contributed by atoms with E-state index in [0.29, 0.717) is 25.7 Å². The second-order valence-corrected chi connectivity index (χ2v) is 29.4. The third-order valence-corrected chi connectivity index (χ3v) is 18.7. The van der Waals surface area contributed by atoms with E-state index in [1.165, 1.54) is 199 Å². The molecular weight excluding hydrogens is 1200 g/mol. The van der Waals surface area contributed by atoms with Crippen molar-refractivity contribution in [2.45, 2.75) is 393 Å². The smallest absolute Gasteiger partial charge is 0.462 e. The summed E-state index contributed by atoms with van der Waals surface area (Å²) in [4.78, 5) is 72.6. The lowest BCUT2D eigenvalue weighted by molar-refractivity contribution is -0.161. The Balaban J connectivity index is 5.24. The fourth-order valence-corrected chi connectivity index (χ4v) is 12.6. The van der Waals surface area contributed by atoms with Gasteiger partial charge in [0.05, 0.1) is 26.4 Å². The Bertz CT molecular complexity index is 1750. The number of aliphatic hydroxyl groups is 1. The van der Waals surface area contributed by atoms with Gasteiger partial charge in [0.15, 0.2) is 12.2 Å². The van der Waals surface area contributed by atoms with Crippen LogP contribution in [0.5, 0.6) is 0 Å². The topological polar surface area (TPSA) is 237 Å². The standard InChI is InChI=1S/C72H140O17P2/c1-6-9-12-15-18-21-24-26-27-28-29-31-38-43-48-53-58-72(77)89-68(62-83-70(75)56-51-46-41-36-33-32-34-39-44-49-54-65(4)5)64-87-91(80,81)85-60-66(73)59-84-90(78,79)86-63-67(61-82-69(74)55-50-45-40-35-23-20-17-14-11-8-3)88-71(76)57-52-47-42-37-30-25-22-19-16-13-10-7-2/h65-68,73H,6-64H2,1-5H3,(H,78,79)(H,80,81)/t66-,67+,68+/m0/s1. The zero-order chi connectivity index (χ0) is 67.0. The van der Waals surface area contributed by atoms with Crippen LogP contribution in [0.15, 0.2) is 0 Å². The van der Waals surface area contributed by atoms with E-state index in [2.05, 4.69) is 34.6 Å². The molecule has 0 aromatic carbocycles. The molecule has 0 rings (SSSR count). The van der Waals surface area contributed by atoms with E-state index in [9.17, 15) is 43.2 Å². The van der Waals surface area contributed by atoms with Gasteiger partial charge >= 0.3 is 39.5 Å². The molecule has 0 aliphatic heterocycles. The molecule has 0 saturated carbocycles. The fourth-order valence-electron chi connectivity index (χ4n) is 11.0. The summed E-state index contributed by atoms with van der Waals surface area (Å²) in [6.45, 7) is 7.26. The van der Waals surface area contributed by atoms with Crippen LogP contribution < -0.4 is 0 Å². The van der Waals surface area contributed by atoms with Crippen molar-refractivity contribution in [3.05, 3.63) is 0 Å². The molecule has 0 amide bonds. The summed E-state index contributed by atoms with van der Waals surface area (Å²) >= 11 is 0. The van der Waals surface area contributed by atoms with Crippen LogP contribution in [0.2, 0.25) is 0 Å². The summed E-state index contributed by atoms with van der Waals surface area (Å²) in [5.41, 5.74) is 0. The van der Waals surface area contributed by atoms with E-state index in [4.69, 9.17) is 37.0 Å². The number of ether oxygens (including phenoxy) is 4. The molecule has 0 aliphatic carbocycles. The van der Waals surface area contributed by atoms with Gasteiger partial charge < -0.3 is 33.8 Å². The number of carbonyl (C=O) groups is 4. The van der Waals surface area contributed by atoms with Crippen molar-refractivity contribution >= 4 is 39.5 Å². The van der Waals surface area contributed by atoms with Crippen LogP contribution in [0.25, 0.3) is 0 Å². The quantitative estimate of drug-likeness (QED) is 0.0222. The molecule has 0 saturated heterocycles. The number of hydrogen-bond donors (Lipinski definition) is 3. The van der Waals surface area contributed by atoms with Gasteiger partial charge in [-0.1, -0.05) is 324 Å². The zero-order valence-corrected chi connectivity index (χ0v) is 60.8. The van der Waals surface area contributed by atoms with Crippen LogP contribution in [-0.2, 0) is 65.4 Å². The third-order valence-electron chi connectivity index (χ3n) is 16.8. The van der Waals surface area contributed by atoms with Crippen LogP contribution in [0.3, 0.4) is 0 Å². The number of aliphatic hydroxyl groups excluding tert-OH is 1. The molecule has 2 unspecified atom stereocenters. The Labute approximate surface area is 556 Å². The van der Waals surface area contributed by atoms with Crippen molar-refractivity contribution in [1.82, 2.24) is 0 Å². The number of phosphoric ester groups is 2. The predicted octanol–water partition coefficient (Wildman–Crippen LogP) is 20.9. The van der Waals surface area contributed by atoms with Crippen molar-refractivity contribution < 1.29 is 80.2 Å². The molecular formula is C72H140O17P2. The van der Waals surface area contributed by atoms with Gasteiger partial charge in [0, 0.05) is 25.7 Å². The number of unbranched alkanes of at least 4 members (excludes halogenated alkanes) is 44. The summed E-state index contributed by atoms with van der Waals surface area (Å²) < 4.78 is 68.4. The van der Waals surface area contributed by atoms with Crippen molar-refractivity contribution in [3.8, 4) is 0 Å². The molecule has 0 aliphatic rings. The molecule has 0 heterocycles. The molecule has 5 atom stereocenters. The van der Waals surface area contributed by atoms with Gasteiger partial charge in [-0.05, 0) is 31.6 Å². The fraction of sp³-hybridized carbons (Fsp3) is 0.944. The lowest BCUT2D eigenvalue weighted by atomic mass is 10.0. The molecule has 0 radical (unpaired) electrons. The van der Waals surface area contributed by atoms with Crippen LogP contribution in [-0.4, -0.2) is 96.7 Å². The molecule has 540 valence electrons. The van der Waals surface area contributed by atoms with Crippen LogP contribution >= 0.6 is 15.6 Å². The minimum Gasteiger partial charge on any atom is -0.462 e. The number of phosphoric acid groups is 2. The Hall–Kier alpha value is -1.94. The van der Waals surface area contributed by atoms with Crippen molar-refractivity contribution in [1.29, 1.82) is 0 Å². The highest BCUT2D eigenvalue weighted by Crippen LogP contribution is 2.45. The molecule has 19 heteroatoms. The summed E-state index contributed by atoms with van der Waals surface area (Å²) in [6, 6.07) is 0. The third kappa shape index (κ3) is 66.5. The van der Waals surface area contributed by atoms with E-state index in [-0.39, 0.29) is 25.7 Å². The summed E-state index contributed by atoms with van der Waals surface area (Å²) in [6.07, 6.45) is 52.5. The van der Waals surface area contributed by atoms with Gasteiger partial charge in [-0.15, -0.1) is 0 Å². The van der Waals surface area contributed by atoms with Gasteiger partial charge in [-0.2, -0.15) is 0 Å². The van der Waals surface area contributed by atoms with E-state index in [1.807, 2.05) is 0 Å². The van der Waals surface area contributed by atoms with Crippen molar-refractivity contribution in [2.75, 3.05) is 39.6 Å². The van der Waals surface area contributed by atoms with Crippen LogP contribution in [0, 0.1) is 5.92 Å². The lowest BCUT2D eigenvalue weighted by Gasteiger charge is -2.21. The maximum atomic E-state index is 13.0. The zero-order valence-electron chi connectivity index (χ0n) is 59.0. The minimum atomic E-state index is -4.95. The highest BCUT2D eigenvalue weighted by atomic mass is 31.2. The Kier molecular flexibility index (Phi) is 64.0. The summed E-state index contributed by atoms with van der Waals surface area (Å²) in [5, 5.41) is 10.6. The monoisotopic (exact) mass is 1340 g/mol. The highest BCUT2D eigenvalue weighted by Gasteiger charge is 2.30. The largest absolute Gasteiger partial charge is 0.472 e. The van der Waals surface area contributed by atoms with Crippen molar-refractivity contribution in [2.24, 2.45) is 5.92 Å². The second kappa shape index (κ2) is 65.4. The van der Waals surface area contributed by atoms with Gasteiger partial charge in [-0.25, -0.2) is 9.13 Å². The van der Waals surface area contributed by atoms with Crippen LogP contribution in [0.4, 0.5) is 0 Å². The van der Waals surface area contributed by atoms with Gasteiger partial charge in [0.2, 0.25) is 0 Å². The molecule has 0 spiro atoms. The Morgan fingerprint density at radius 1 is 0.297 bits per heavy atom. The number of esters is 4. The van der Waals surface area contributed by atoms with Gasteiger partial charge in [-0.3, -0.25) is 37.3 Å². The maximum absolute atomic E-state index is 13.0. The van der Waals surface area contributed by atoms with Gasteiger partial charge in [0.1, 0.15) is 19.3 Å². The minimum absolute atomic E-state index is 0.108. The molecule has 0 fully saturated rings. The average molecular weight is 1340 g/mol. The average Bonchev–Trinajstić information content (AvgIpc) is 3.66. The molecule has 0 aromatic rings. The first-order chi connectivity index (χ1) is 44.0. The van der Waals surface area contributed by atoms with E-state index < -0.39 is 97.5 Å². The molecule has 3 N–H and O–H groups in total. The van der Waals surface area contributed by atoms with Crippen molar-refractivity contribution in [3.63, 3.8) is 0 Å². The summed E-state index contributed by atoms with van der Waals surface area (Å²) in [5.74, 6) is -1.36. The van der Waals surface area contributed by atoms with E-state index in [1.54, 1.807) is 0 Å². The number of carbonyl (C=O) groups excluding carboxylic acids is 4. The van der Waals surface area contributed by atoms with E-state index in [0.717, 1.165) is 95.8 Å². The predicted molar refractivity (Wildman–Crippen MR) is 368 cm³/mol. The lowest BCUT2D eigenvalue weighted by Crippen LogP contribution is -2.30. The Morgan fingerprint density at radius 3 is 0.747 bits per heavy atom. The number of hydrogen-bond acceptors (Lipinski definition) is 15. The number of rotatable bonds is 72. The first-order valence-electron chi connectivity index (χ1n) is 37.6. The molecule has 91 heavy (non-hydrogen) atoms. The normalized spacial score (nSPS) is 14.0. The Morgan fingerprint density at radius 2 is 0.505 bits per heavy atom. The van der Waals surface area contributed by atoms with Crippen LogP contribution in [0.1, 0.15) is 375 Å². The highest BCUT2D eigenvalue weighted by molar-refractivity contribution is 7.47. The van der Waals surface area contributed by atoms with Gasteiger partial charge in [0.25, 0.3) is 0 Å². The second-order valence-electron chi connectivity index (χ2n) is 26.5. The SMILES string of the molecule is CCCCCCCCCCCCCCCCCCC(=O)O[C@H](COC(=O)CCCCCCCCCCCCC(C)C)COP(=O)(O)OC[C@@H](O)COP(=O)(O)OC[C@@H](COC(=O)CCCCCCCCCCCC)OC(=O)CCCCCCCCCCCCCC. The maximum Gasteiger partial charge on any atom is 0.472 e. The van der Waals surface area contributed by atoms with E-state index >= 15 is 0 Å². The molecule has 0 aromatic heterocycles. The summed E-state index contributed by atoms with van der Waals surface area (Å²) in [7, 11) is -9.90. The first kappa shape index (κ1) is 89.1. The first-order valence-corrected chi connectivity index (χ1v) is 40.6. The molecule has 0 bridgehead atoms.